The van der Waals surface area contributed by atoms with Gasteiger partial charge in [0.15, 0.2) is 5.78 Å². The van der Waals surface area contributed by atoms with E-state index < -0.39 is 29.1 Å². The maximum absolute atomic E-state index is 12.4. The van der Waals surface area contributed by atoms with Crippen LogP contribution < -0.4 is 0 Å². The molecule has 0 aromatic carbocycles. The van der Waals surface area contributed by atoms with Gasteiger partial charge in [-0.1, -0.05) is 20.8 Å². The summed E-state index contributed by atoms with van der Waals surface area (Å²) >= 11 is 0. The van der Waals surface area contributed by atoms with Gasteiger partial charge >= 0.3 is 0 Å². The van der Waals surface area contributed by atoms with Crippen molar-refractivity contribution in [3.05, 3.63) is 11.6 Å². The van der Waals surface area contributed by atoms with Gasteiger partial charge in [-0.05, 0) is 36.8 Å². The van der Waals surface area contributed by atoms with Gasteiger partial charge in [0.05, 0.1) is 12.7 Å². The highest BCUT2D eigenvalue weighted by Crippen LogP contribution is 2.59. The molecule has 4 heteroatoms. The third-order valence-corrected chi connectivity index (χ3v) is 5.31. The van der Waals surface area contributed by atoms with E-state index in [9.17, 15) is 20.1 Å². The number of aliphatic hydroxyl groups excluding tert-OH is 2. The van der Waals surface area contributed by atoms with Crippen LogP contribution in [0, 0.1) is 16.7 Å². The molecule has 0 aliphatic heterocycles. The van der Waals surface area contributed by atoms with E-state index in [0.29, 0.717) is 18.4 Å². The molecule has 0 aromatic heterocycles. The first-order chi connectivity index (χ1) is 8.58. The van der Waals surface area contributed by atoms with E-state index in [0.717, 1.165) is 0 Å². The van der Waals surface area contributed by atoms with Crippen molar-refractivity contribution in [2.75, 3.05) is 6.61 Å². The van der Waals surface area contributed by atoms with E-state index >= 15 is 0 Å². The lowest BCUT2D eigenvalue weighted by atomic mass is 9.46. The van der Waals surface area contributed by atoms with Crippen molar-refractivity contribution < 1.29 is 20.1 Å². The highest BCUT2D eigenvalue weighted by Gasteiger charge is 2.63. The van der Waals surface area contributed by atoms with Gasteiger partial charge in [0.25, 0.3) is 0 Å². The lowest BCUT2D eigenvalue weighted by Crippen LogP contribution is -2.65. The summed E-state index contributed by atoms with van der Waals surface area (Å²) in [5, 5.41) is 30.7. The van der Waals surface area contributed by atoms with Crippen LogP contribution in [0.1, 0.15) is 40.5 Å². The first-order valence-corrected chi connectivity index (χ1v) is 6.82. The first kappa shape index (κ1) is 14.7. The Hall–Kier alpha value is -0.710. The molecule has 0 amide bonds. The highest BCUT2D eigenvalue weighted by atomic mass is 16.3. The normalized spacial score (nSPS) is 45.6. The Bertz CT molecular complexity index is 439. The fraction of sp³-hybridized carbons (Fsp3) is 0.800. The maximum atomic E-state index is 12.4. The Kier molecular flexibility index (Phi) is 3.20. The van der Waals surface area contributed by atoms with Gasteiger partial charge < -0.3 is 15.3 Å². The summed E-state index contributed by atoms with van der Waals surface area (Å²) < 4.78 is 0. The van der Waals surface area contributed by atoms with Gasteiger partial charge in [0.1, 0.15) is 5.60 Å². The summed E-state index contributed by atoms with van der Waals surface area (Å²) in [7, 11) is 0. The van der Waals surface area contributed by atoms with Gasteiger partial charge in [-0.15, -0.1) is 0 Å². The Labute approximate surface area is 114 Å². The lowest BCUT2D eigenvalue weighted by Gasteiger charge is -2.59. The van der Waals surface area contributed by atoms with Crippen LogP contribution in [0.15, 0.2) is 11.6 Å². The van der Waals surface area contributed by atoms with Crippen molar-refractivity contribution in [2.24, 2.45) is 16.7 Å². The molecule has 2 aliphatic rings. The Balaban J connectivity index is 2.64. The van der Waals surface area contributed by atoms with Crippen LogP contribution in [0.3, 0.4) is 0 Å². The number of rotatable bonds is 1. The minimum absolute atomic E-state index is 0.00461. The van der Waals surface area contributed by atoms with Crippen LogP contribution in [0.5, 0.6) is 0 Å². The molecule has 2 aliphatic carbocycles. The Morgan fingerprint density at radius 1 is 1.32 bits per heavy atom. The van der Waals surface area contributed by atoms with E-state index in [-0.39, 0.29) is 11.7 Å². The standard InChI is InChI=1S/C15H24O4/c1-9-5-11(18)12-13(2,3)6-10(17)7-14(12,4)15(9,19)8-16/h5,10,12,16-17,19H,6-8H2,1-4H3/t10-,12-,14+,15+/m1/s1. The molecule has 0 spiro atoms. The zero-order valence-electron chi connectivity index (χ0n) is 12.1. The molecule has 3 N–H and O–H groups in total. The average Bonchev–Trinajstić information content (AvgIpc) is 2.22. The molecule has 0 unspecified atom stereocenters. The number of hydrogen-bond donors (Lipinski definition) is 3. The molecule has 2 rings (SSSR count). The van der Waals surface area contributed by atoms with Crippen molar-refractivity contribution in [3.63, 3.8) is 0 Å². The van der Waals surface area contributed by atoms with E-state index in [1.54, 1.807) is 6.92 Å². The SMILES string of the molecule is CC1=CC(=O)[C@@H]2C(C)(C)C[C@@H](O)C[C@]2(C)[C@]1(O)CO. The Morgan fingerprint density at radius 3 is 2.42 bits per heavy atom. The first-order valence-electron chi connectivity index (χ1n) is 6.82. The van der Waals surface area contributed by atoms with Gasteiger partial charge in [0, 0.05) is 11.3 Å². The van der Waals surface area contributed by atoms with E-state index in [2.05, 4.69) is 0 Å². The van der Waals surface area contributed by atoms with Crippen molar-refractivity contribution in [1.29, 1.82) is 0 Å². The minimum Gasteiger partial charge on any atom is -0.393 e. The third-order valence-electron chi connectivity index (χ3n) is 5.31. The van der Waals surface area contributed by atoms with E-state index in [4.69, 9.17) is 0 Å². The zero-order valence-corrected chi connectivity index (χ0v) is 12.1. The molecule has 108 valence electrons. The number of ketones is 1. The predicted octanol–water partition coefficient (Wildman–Crippen LogP) is 1.04. The van der Waals surface area contributed by atoms with Gasteiger partial charge in [-0.2, -0.15) is 0 Å². The molecule has 19 heavy (non-hydrogen) atoms. The quantitative estimate of drug-likeness (QED) is 0.664. The van der Waals surface area contributed by atoms with Crippen LogP contribution in [0.2, 0.25) is 0 Å². The summed E-state index contributed by atoms with van der Waals surface area (Å²) in [6.45, 7) is 6.94. The molecule has 4 nitrogen and oxygen atoms in total. The molecular formula is C15H24O4. The van der Waals surface area contributed by atoms with E-state index in [1.807, 2.05) is 20.8 Å². The molecule has 0 radical (unpaired) electrons. The van der Waals surface area contributed by atoms with Gasteiger partial charge in [-0.3, -0.25) is 4.79 Å². The minimum atomic E-state index is -1.44. The van der Waals surface area contributed by atoms with Crippen LogP contribution in [0.4, 0.5) is 0 Å². The molecule has 4 atom stereocenters. The third kappa shape index (κ3) is 1.81. The second-order valence-electron chi connectivity index (χ2n) is 7.15. The fourth-order valence-electron chi connectivity index (χ4n) is 4.55. The van der Waals surface area contributed by atoms with Gasteiger partial charge in [0.2, 0.25) is 0 Å². The molecule has 1 fully saturated rings. The van der Waals surface area contributed by atoms with Gasteiger partial charge in [-0.25, -0.2) is 0 Å². The second-order valence-corrected chi connectivity index (χ2v) is 7.15. The number of allylic oxidation sites excluding steroid dienone is 1. The number of aliphatic hydroxyl groups is 3. The van der Waals surface area contributed by atoms with Crippen LogP contribution in [0.25, 0.3) is 0 Å². The van der Waals surface area contributed by atoms with Crippen LogP contribution >= 0.6 is 0 Å². The molecule has 0 bridgehead atoms. The number of carbonyl (C=O) groups is 1. The second kappa shape index (κ2) is 4.14. The molecule has 0 saturated heterocycles. The smallest absolute Gasteiger partial charge is 0.160 e. The summed E-state index contributed by atoms with van der Waals surface area (Å²) in [4.78, 5) is 12.4. The number of carbonyl (C=O) groups excluding carboxylic acids is 1. The van der Waals surface area contributed by atoms with Crippen LogP contribution in [-0.2, 0) is 4.79 Å². The number of fused-ring (bicyclic) bond motifs is 1. The highest BCUT2D eigenvalue weighted by molar-refractivity contribution is 5.95. The zero-order chi connectivity index (χ0) is 14.6. The summed E-state index contributed by atoms with van der Waals surface area (Å²) in [6, 6.07) is 0. The summed E-state index contributed by atoms with van der Waals surface area (Å²) in [6.07, 6.45) is 1.76. The van der Waals surface area contributed by atoms with Crippen molar-refractivity contribution in [2.45, 2.75) is 52.2 Å². The predicted molar refractivity (Wildman–Crippen MR) is 71.4 cm³/mol. The summed E-state index contributed by atoms with van der Waals surface area (Å²) in [5.41, 5.74) is -2.18. The van der Waals surface area contributed by atoms with E-state index in [1.165, 1.54) is 6.08 Å². The average molecular weight is 268 g/mol. The summed E-state index contributed by atoms with van der Waals surface area (Å²) in [5.74, 6) is -0.390. The largest absolute Gasteiger partial charge is 0.393 e. The molecule has 0 aromatic rings. The molecule has 1 saturated carbocycles. The van der Waals surface area contributed by atoms with Crippen molar-refractivity contribution in [1.82, 2.24) is 0 Å². The molecular weight excluding hydrogens is 244 g/mol. The fourth-order valence-corrected chi connectivity index (χ4v) is 4.55. The van der Waals surface area contributed by atoms with Crippen LogP contribution in [-0.4, -0.2) is 39.4 Å². The Morgan fingerprint density at radius 2 is 1.89 bits per heavy atom. The molecule has 0 heterocycles. The number of hydrogen-bond acceptors (Lipinski definition) is 4. The van der Waals surface area contributed by atoms with Crippen molar-refractivity contribution >= 4 is 5.78 Å². The maximum Gasteiger partial charge on any atom is 0.160 e. The van der Waals surface area contributed by atoms with Crippen molar-refractivity contribution in [3.8, 4) is 0 Å². The topological polar surface area (TPSA) is 77.8 Å². The monoisotopic (exact) mass is 268 g/mol. The lowest BCUT2D eigenvalue weighted by molar-refractivity contribution is -0.186.